The van der Waals surface area contributed by atoms with Gasteiger partial charge in [0.1, 0.15) is 18.3 Å². The molecule has 2 fully saturated rings. The topological polar surface area (TPSA) is 205 Å². The van der Waals surface area contributed by atoms with E-state index in [9.17, 15) is 39.9 Å². The van der Waals surface area contributed by atoms with Crippen LogP contribution in [-0.4, -0.2) is 122 Å². The molecule has 2 aliphatic rings. The summed E-state index contributed by atoms with van der Waals surface area (Å²) in [5.41, 5.74) is -2.15. The van der Waals surface area contributed by atoms with Gasteiger partial charge in [0, 0.05) is 0 Å². The quantitative estimate of drug-likeness (QED) is 0.0893. The third-order valence-electron chi connectivity index (χ3n) is 7.94. The summed E-state index contributed by atoms with van der Waals surface area (Å²) in [5, 5.41) is 55.3. The van der Waals surface area contributed by atoms with E-state index in [1.165, 1.54) is 36.4 Å². The van der Waals surface area contributed by atoms with Gasteiger partial charge >= 0.3 is 17.9 Å². The van der Waals surface area contributed by atoms with Crippen molar-refractivity contribution in [2.24, 2.45) is 0 Å². The third kappa shape index (κ3) is 7.32. The lowest BCUT2D eigenvalue weighted by molar-refractivity contribution is -0.270. The smallest absolute Gasteiger partial charge is 0.338 e. The van der Waals surface area contributed by atoms with Gasteiger partial charge in [-0.15, -0.1) is 0 Å². The zero-order chi connectivity index (χ0) is 34.4. The highest BCUT2D eigenvalue weighted by atomic mass is 32.1. The van der Waals surface area contributed by atoms with E-state index in [4.69, 9.17) is 31.2 Å². The molecule has 14 nitrogen and oxygen atoms in total. The van der Waals surface area contributed by atoms with E-state index in [0.29, 0.717) is 0 Å². The van der Waals surface area contributed by atoms with Crippen LogP contribution in [0.3, 0.4) is 0 Å². The van der Waals surface area contributed by atoms with Crippen LogP contribution in [0.15, 0.2) is 91.0 Å². The van der Waals surface area contributed by atoms with Crippen LogP contribution in [0.1, 0.15) is 31.1 Å². The average Bonchev–Trinajstić information content (AvgIpc) is 3.43. The molecule has 48 heavy (non-hydrogen) atoms. The summed E-state index contributed by atoms with van der Waals surface area (Å²) in [6.07, 6.45) is -12.4. The Morgan fingerprint density at radius 3 is 1.75 bits per heavy atom. The van der Waals surface area contributed by atoms with Gasteiger partial charge in [-0.25, -0.2) is 14.4 Å². The summed E-state index contributed by atoms with van der Waals surface area (Å²) in [6, 6.07) is 23.6. The number of nitrogens with zero attached hydrogens (tertiary/aromatic N) is 1. The second-order valence-corrected chi connectivity index (χ2v) is 11.5. The maximum absolute atomic E-state index is 13.5. The highest BCUT2D eigenvalue weighted by Crippen LogP contribution is 2.35. The summed E-state index contributed by atoms with van der Waals surface area (Å²) in [4.78, 5) is 41.1. The number of nitrogens with one attached hydrogen (secondary N) is 1. The first-order chi connectivity index (χ1) is 23.0. The second kappa shape index (κ2) is 15.2. The predicted molar refractivity (Wildman–Crippen MR) is 169 cm³/mol. The fourth-order valence-corrected chi connectivity index (χ4v) is 5.72. The van der Waals surface area contributed by atoms with E-state index >= 15 is 0 Å². The lowest BCUT2D eigenvalue weighted by Crippen LogP contribution is -2.70. The largest absolute Gasteiger partial charge is 0.452 e. The average molecular weight is 683 g/mol. The van der Waals surface area contributed by atoms with E-state index in [1.807, 2.05) is 0 Å². The monoisotopic (exact) mass is 682 g/mol. The Morgan fingerprint density at radius 2 is 1.27 bits per heavy atom. The molecule has 8 atom stereocenters. The minimum absolute atomic E-state index is 0.0895. The van der Waals surface area contributed by atoms with Gasteiger partial charge < -0.3 is 49.8 Å². The number of aliphatic hydroxyl groups excluding tert-OH is 4. The molecule has 3 aromatic carbocycles. The Morgan fingerprint density at radius 1 is 0.812 bits per heavy atom. The van der Waals surface area contributed by atoms with Crippen LogP contribution >= 0.6 is 12.2 Å². The number of esters is 3. The molecule has 0 aliphatic carbocycles. The Kier molecular flexibility index (Phi) is 11.0. The van der Waals surface area contributed by atoms with Crippen molar-refractivity contribution in [1.82, 2.24) is 10.2 Å². The molecule has 0 bridgehead atoms. The summed E-state index contributed by atoms with van der Waals surface area (Å²) in [7, 11) is 0. The van der Waals surface area contributed by atoms with Crippen LogP contribution in [-0.2, 0) is 18.9 Å². The number of β-amino-alcohol motifs (C(OH)–C–C–N with tert-alkyl or cyclic N) is 1. The molecule has 0 radical (unpaired) electrons. The number of ether oxygens (including phenoxy) is 4. The van der Waals surface area contributed by atoms with Gasteiger partial charge in [-0.2, -0.15) is 0 Å². The molecule has 1 unspecified atom stereocenters. The minimum Gasteiger partial charge on any atom is -0.452 e. The van der Waals surface area contributed by atoms with Crippen LogP contribution in [0.4, 0.5) is 0 Å². The van der Waals surface area contributed by atoms with Gasteiger partial charge in [0.15, 0.2) is 35.4 Å². The van der Waals surface area contributed by atoms with E-state index in [0.717, 1.165) is 4.90 Å². The van der Waals surface area contributed by atoms with E-state index < -0.39 is 86.2 Å². The fourth-order valence-electron chi connectivity index (χ4n) is 5.39. The SMILES string of the molecule is O=C(O[C@@H]1[C@H](OC(=O)c2ccccc2)[C@H](OC(=O)c2ccccc2)CO[C@H]1N1C(=S)NCC1(O)[C@@H](O)[C@H](O)[C@H](O)CO)c1ccccc1. The summed E-state index contributed by atoms with van der Waals surface area (Å²) < 4.78 is 23.6. The van der Waals surface area contributed by atoms with Crippen molar-refractivity contribution in [2.75, 3.05) is 19.8 Å². The third-order valence-corrected chi connectivity index (χ3v) is 8.29. The van der Waals surface area contributed by atoms with Crippen LogP contribution < -0.4 is 5.32 Å². The van der Waals surface area contributed by atoms with Gasteiger partial charge in [0.05, 0.1) is 36.4 Å². The molecule has 6 N–H and O–H groups in total. The van der Waals surface area contributed by atoms with Gasteiger partial charge in [-0.05, 0) is 48.6 Å². The number of aliphatic hydroxyl groups is 5. The van der Waals surface area contributed by atoms with Crippen molar-refractivity contribution in [3.8, 4) is 0 Å². The second-order valence-electron chi connectivity index (χ2n) is 11.1. The maximum Gasteiger partial charge on any atom is 0.338 e. The Balaban J connectivity index is 1.57. The molecule has 0 spiro atoms. The van der Waals surface area contributed by atoms with Crippen molar-refractivity contribution in [2.45, 2.75) is 48.6 Å². The molecule has 0 saturated carbocycles. The van der Waals surface area contributed by atoms with E-state index in [2.05, 4.69) is 5.32 Å². The molecule has 0 amide bonds. The van der Waals surface area contributed by atoms with Crippen molar-refractivity contribution in [3.63, 3.8) is 0 Å². The highest BCUT2D eigenvalue weighted by Gasteiger charge is 2.60. The van der Waals surface area contributed by atoms with Crippen molar-refractivity contribution in [3.05, 3.63) is 108 Å². The van der Waals surface area contributed by atoms with Crippen LogP contribution in [0, 0.1) is 0 Å². The standard InChI is InChI=1S/C33H34N2O12S/c36-16-22(37)24(38)27(39)33(43)18-34-32(48)35(33)28-26(47-31(42)21-14-8-3-9-15-21)25(46-30(41)20-12-6-2-7-13-20)23(17-44-28)45-29(40)19-10-4-1-5-11-19/h1-15,22-28,36-39,43H,16-18H2,(H,34,48)/t22-,23-,24-,25-,26-,27+,28-,33?/m1/s1. The first-order valence-corrected chi connectivity index (χ1v) is 15.3. The van der Waals surface area contributed by atoms with E-state index in [1.54, 1.807) is 54.6 Å². The predicted octanol–water partition coefficient (Wildman–Crippen LogP) is -0.0268. The Labute approximate surface area is 280 Å². The first kappa shape index (κ1) is 34.8. The zero-order valence-electron chi connectivity index (χ0n) is 25.3. The molecule has 2 saturated heterocycles. The number of carbonyl (C=O) groups excluding carboxylic acids is 3. The molecule has 254 valence electrons. The van der Waals surface area contributed by atoms with Gasteiger partial charge in [0.25, 0.3) is 0 Å². The first-order valence-electron chi connectivity index (χ1n) is 14.9. The fraction of sp³-hybridized carbons (Fsp3) is 0.333. The highest BCUT2D eigenvalue weighted by molar-refractivity contribution is 7.80. The number of carbonyl (C=O) groups is 3. The lowest BCUT2D eigenvalue weighted by atomic mass is 9.94. The van der Waals surface area contributed by atoms with Crippen molar-refractivity contribution < 1.29 is 58.9 Å². The molecule has 5 rings (SSSR count). The lowest BCUT2D eigenvalue weighted by Gasteiger charge is -2.48. The molecule has 2 heterocycles. The number of thiocarbonyl (C=S) groups is 1. The summed E-state index contributed by atoms with van der Waals surface area (Å²) in [5.74, 6) is -2.59. The van der Waals surface area contributed by atoms with Crippen molar-refractivity contribution >= 4 is 35.2 Å². The number of hydrogen-bond donors (Lipinski definition) is 6. The Bertz CT molecular complexity index is 1580. The normalized spacial score (nSPS) is 25.7. The molecular weight excluding hydrogens is 648 g/mol. The maximum atomic E-state index is 13.5. The molecule has 3 aromatic rings. The van der Waals surface area contributed by atoms with E-state index in [-0.39, 0.29) is 21.8 Å². The number of hydrogen-bond acceptors (Lipinski definition) is 13. The van der Waals surface area contributed by atoms with Crippen LogP contribution in [0.5, 0.6) is 0 Å². The number of benzene rings is 3. The molecular formula is C33H34N2O12S. The van der Waals surface area contributed by atoms with Crippen LogP contribution in [0.2, 0.25) is 0 Å². The van der Waals surface area contributed by atoms with Crippen LogP contribution in [0.25, 0.3) is 0 Å². The Hall–Kier alpha value is -4.48. The van der Waals surface area contributed by atoms with Gasteiger partial charge in [-0.1, -0.05) is 54.6 Å². The summed E-state index contributed by atoms with van der Waals surface area (Å²) >= 11 is 5.43. The molecule has 15 heteroatoms. The molecule has 2 aliphatic heterocycles. The number of rotatable bonds is 11. The van der Waals surface area contributed by atoms with Gasteiger partial charge in [-0.3, -0.25) is 4.90 Å². The minimum atomic E-state index is -2.53. The summed E-state index contributed by atoms with van der Waals surface area (Å²) in [6.45, 7) is -1.94. The zero-order valence-corrected chi connectivity index (χ0v) is 26.1. The van der Waals surface area contributed by atoms with Gasteiger partial charge in [0.2, 0.25) is 0 Å². The van der Waals surface area contributed by atoms with Crippen molar-refractivity contribution in [1.29, 1.82) is 0 Å². The molecule has 0 aromatic heterocycles.